The van der Waals surface area contributed by atoms with Gasteiger partial charge in [0.15, 0.2) is 5.84 Å². The quantitative estimate of drug-likeness (QED) is 0.231. The number of hydrogen-bond acceptors (Lipinski definition) is 4. The zero-order valence-corrected chi connectivity index (χ0v) is 11.5. The first-order chi connectivity index (χ1) is 8.54. The standard InChI is InChI=1S/C12H19N3O2S/c1-9-7-10(12(13)15-16)3-4-11(9)8-14-5-6-18(2)17/h3-4,7,14,16H,5-6,8H2,1-2H3,(H2,13,15). The summed E-state index contributed by atoms with van der Waals surface area (Å²) in [6.07, 6.45) is 1.69. The maximum Gasteiger partial charge on any atom is 0.170 e. The van der Waals surface area contributed by atoms with Gasteiger partial charge in [0.2, 0.25) is 0 Å². The molecule has 0 radical (unpaired) electrons. The van der Waals surface area contributed by atoms with E-state index < -0.39 is 10.8 Å². The van der Waals surface area contributed by atoms with E-state index in [-0.39, 0.29) is 5.84 Å². The van der Waals surface area contributed by atoms with Crippen LogP contribution in [0, 0.1) is 6.92 Å². The zero-order chi connectivity index (χ0) is 13.5. The highest BCUT2D eigenvalue weighted by atomic mass is 32.2. The van der Waals surface area contributed by atoms with Gasteiger partial charge in [0.05, 0.1) is 0 Å². The molecule has 1 unspecified atom stereocenters. The molecule has 1 aromatic rings. The number of hydrogen-bond donors (Lipinski definition) is 3. The maximum atomic E-state index is 10.9. The first kappa shape index (κ1) is 14.7. The third-order valence-electron chi connectivity index (χ3n) is 2.63. The van der Waals surface area contributed by atoms with Crippen molar-refractivity contribution >= 4 is 16.6 Å². The van der Waals surface area contributed by atoms with E-state index in [0.29, 0.717) is 11.3 Å². The minimum Gasteiger partial charge on any atom is -0.409 e. The summed E-state index contributed by atoms with van der Waals surface area (Å²) in [7, 11) is -0.762. The van der Waals surface area contributed by atoms with Crippen LogP contribution in [0.2, 0.25) is 0 Å². The van der Waals surface area contributed by atoms with Crippen molar-refractivity contribution in [2.45, 2.75) is 13.5 Å². The Labute approximate surface area is 110 Å². The molecular weight excluding hydrogens is 250 g/mol. The average Bonchev–Trinajstić information content (AvgIpc) is 2.34. The lowest BCUT2D eigenvalue weighted by Gasteiger charge is -2.09. The fraction of sp³-hybridized carbons (Fsp3) is 0.417. The van der Waals surface area contributed by atoms with Crippen molar-refractivity contribution < 1.29 is 9.42 Å². The molecule has 5 nitrogen and oxygen atoms in total. The molecule has 0 aliphatic rings. The normalized spacial score (nSPS) is 13.6. The lowest BCUT2D eigenvalue weighted by atomic mass is 10.0. The summed E-state index contributed by atoms with van der Waals surface area (Å²) in [6, 6.07) is 5.64. The van der Waals surface area contributed by atoms with E-state index in [1.54, 1.807) is 6.26 Å². The van der Waals surface area contributed by atoms with E-state index in [1.165, 1.54) is 0 Å². The van der Waals surface area contributed by atoms with Crippen molar-refractivity contribution in [3.8, 4) is 0 Å². The highest BCUT2D eigenvalue weighted by Crippen LogP contribution is 2.10. The van der Waals surface area contributed by atoms with Gasteiger partial charge in [-0.3, -0.25) is 4.21 Å². The number of nitrogens with zero attached hydrogens (tertiary/aromatic N) is 1. The van der Waals surface area contributed by atoms with Crippen LogP contribution >= 0.6 is 0 Å². The summed E-state index contributed by atoms with van der Waals surface area (Å²) < 4.78 is 10.9. The van der Waals surface area contributed by atoms with Crippen molar-refractivity contribution in [3.63, 3.8) is 0 Å². The van der Waals surface area contributed by atoms with E-state index in [2.05, 4.69) is 10.5 Å². The van der Waals surface area contributed by atoms with Gasteiger partial charge in [-0.05, 0) is 24.1 Å². The topological polar surface area (TPSA) is 87.7 Å². The number of amidine groups is 1. The summed E-state index contributed by atoms with van der Waals surface area (Å²) in [5.41, 5.74) is 8.44. The smallest absolute Gasteiger partial charge is 0.170 e. The Bertz CT molecular complexity index is 461. The lowest BCUT2D eigenvalue weighted by molar-refractivity contribution is 0.318. The minimum atomic E-state index is -0.762. The Morgan fingerprint density at radius 1 is 1.56 bits per heavy atom. The van der Waals surface area contributed by atoms with E-state index >= 15 is 0 Å². The Morgan fingerprint density at radius 3 is 2.83 bits per heavy atom. The van der Waals surface area contributed by atoms with Gasteiger partial charge in [-0.1, -0.05) is 17.3 Å². The molecule has 0 bridgehead atoms. The van der Waals surface area contributed by atoms with E-state index in [0.717, 1.165) is 24.2 Å². The molecule has 0 saturated carbocycles. The van der Waals surface area contributed by atoms with Crippen LogP contribution in [0.5, 0.6) is 0 Å². The lowest BCUT2D eigenvalue weighted by Crippen LogP contribution is -2.20. The Morgan fingerprint density at radius 2 is 2.28 bits per heavy atom. The van der Waals surface area contributed by atoms with Crippen LogP contribution in [-0.4, -0.2) is 33.8 Å². The van der Waals surface area contributed by atoms with Gasteiger partial charge < -0.3 is 16.3 Å². The molecule has 1 rings (SSSR count). The van der Waals surface area contributed by atoms with Crippen LogP contribution in [-0.2, 0) is 17.3 Å². The minimum absolute atomic E-state index is 0.110. The summed E-state index contributed by atoms with van der Waals surface area (Å²) in [5.74, 6) is 0.764. The predicted molar refractivity (Wildman–Crippen MR) is 74.3 cm³/mol. The molecule has 0 heterocycles. The van der Waals surface area contributed by atoms with Crippen LogP contribution < -0.4 is 11.1 Å². The largest absolute Gasteiger partial charge is 0.409 e. The summed E-state index contributed by atoms with van der Waals surface area (Å²) in [6.45, 7) is 3.42. The number of oxime groups is 1. The van der Waals surface area contributed by atoms with Crippen molar-refractivity contribution in [1.82, 2.24) is 5.32 Å². The first-order valence-electron chi connectivity index (χ1n) is 5.62. The average molecular weight is 269 g/mol. The van der Waals surface area contributed by atoms with Gasteiger partial charge in [0, 0.05) is 41.5 Å². The monoisotopic (exact) mass is 269 g/mol. The molecule has 1 aromatic carbocycles. The SMILES string of the molecule is Cc1cc(/C(N)=N/O)ccc1CNCCS(C)=O. The van der Waals surface area contributed by atoms with Crippen LogP contribution in [0.3, 0.4) is 0 Å². The second-order valence-electron chi connectivity index (χ2n) is 4.08. The number of rotatable bonds is 6. The first-order valence-corrected chi connectivity index (χ1v) is 7.35. The molecule has 0 spiro atoms. The van der Waals surface area contributed by atoms with Crippen molar-refractivity contribution in [1.29, 1.82) is 0 Å². The van der Waals surface area contributed by atoms with E-state index in [9.17, 15) is 4.21 Å². The number of nitrogens with one attached hydrogen (secondary N) is 1. The Hall–Kier alpha value is -1.40. The molecule has 0 aliphatic carbocycles. The molecule has 0 amide bonds. The molecular formula is C12H19N3O2S. The van der Waals surface area contributed by atoms with E-state index in [1.807, 2.05) is 25.1 Å². The van der Waals surface area contributed by atoms with Crippen molar-refractivity contribution in [2.24, 2.45) is 10.9 Å². The Balaban J connectivity index is 2.60. The van der Waals surface area contributed by atoms with Crippen molar-refractivity contribution in [2.75, 3.05) is 18.6 Å². The number of nitrogens with two attached hydrogens (primary N) is 1. The molecule has 6 heteroatoms. The summed E-state index contributed by atoms with van der Waals surface area (Å²) in [5, 5.41) is 14.8. The molecule has 18 heavy (non-hydrogen) atoms. The maximum absolute atomic E-state index is 10.9. The zero-order valence-electron chi connectivity index (χ0n) is 10.6. The van der Waals surface area contributed by atoms with Gasteiger partial charge in [0.1, 0.15) is 0 Å². The summed E-state index contributed by atoms with van der Waals surface area (Å²) >= 11 is 0. The van der Waals surface area contributed by atoms with Gasteiger partial charge in [-0.2, -0.15) is 0 Å². The fourth-order valence-corrected chi connectivity index (χ4v) is 1.98. The van der Waals surface area contributed by atoms with Crippen LogP contribution in [0.4, 0.5) is 0 Å². The Kier molecular flexibility index (Phi) is 5.80. The third kappa shape index (κ3) is 4.46. The molecule has 100 valence electrons. The number of benzene rings is 1. The van der Waals surface area contributed by atoms with Crippen LogP contribution in [0.25, 0.3) is 0 Å². The predicted octanol–water partition coefficient (Wildman–Crippen LogP) is 0.558. The van der Waals surface area contributed by atoms with Gasteiger partial charge in [0.25, 0.3) is 0 Å². The second kappa shape index (κ2) is 7.13. The van der Waals surface area contributed by atoms with Gasteiger partial charge in [-0.15, -0.1) is 0 Å². The van der Waals surface area contributed by atoms with Crippen molar-refractivity contribution in [3.05, 3.63) is 34.9 Å². The summed E-state index contributed by atoms with van der Waals surface area (Å²) in [4.78, 5) is 0. The highest BCUT2D eigenvalue weighted by Gasteiger charge is 2.03. The second-order valence-corrected chi connectivity index (χ2v) is 5.64. The molecule has 1 atom stereocenters. The molecule has 0 saturated heterocycles. The number of aryl methyl sites for hydroxylation is 1. The van der Waals surface area contributed by atoms with E-state index in [4.69, 9.17) is 10.9 Å². The van der Waals surface area contributed by atoms with Crippen LogP contribution in [0.1, 0.15) is 16.7 Å². The molecule has 0 fully saturated rings. The van der Waals surface area contributed by atoms with Crippen LogP contribution in [0.15, 0.2) is 23.4 Å². The highest BCUT2D eigenvalue weighted by molar-refractivity contribution is 7.84. The van der Waals surface area contributed by atoms with Gasteiger partial charge in [-0.25, -0.2) is 0 Å². The molecule has 4 N–H and O–H groups in total. The molecule has 0 aliphatic heterocycles. The fourth-order valence-electron chi connectivity index (χ4n) is 1.55. The molecule has 0 aromatic heterocycles. The van der Waals surface area contributed by atoms with Gasteiger partial charge >= 0.3 is 0 Å². The third-order valence-corrected chi connectivity index (χ3v) is 3.41.